The minimum absolute atomic E-state index is 0.721. The Kier molecular flexibility index (Phi) is 2.67. The summed E-state index contributed by atoms with van der Waals surface area (Å²) in [5, 5.41) is 0. The van der Waals surface area contributed by atoms with Gasteiger partial charge >= 0.3 is 0 Å². The number of rotatable bonds is 0. The highest BCUT2D eigenvalue weighted by atomic mass is 14.7. The second-order valence-electron chi connectivity index (χ2n) is 8.67. The molecule has 0 aromatic carbocycles. The first-order valence-corrected chi connectivity index (χ1v) is 9.44. The minimum atomic E-state index is 0.721. The summed E-state index contributed by atoms with van der Waals surface area (Å²) >= 11 is 0. The van der Waals surface area contributed by atoms with Crippen LogP contribution in [-0.4, -0.2) is 0 Å². The van der Waals surface area contributed by atoms with E-state index in [1.54, 1.807) is 36.8 Å². The predicted molar refractivity (Wildman–Crippen MR) is 86.8 cm³/mol. The first kappa shape index (κ1) is 12.8. The van der Waals surface area contributed by atoms with Crippen LogP contribution in [0.15, 0.2) is 29.0 Å². The Morgan fingerprint density at radius 3 is 2.86 bits per heavy atom. The third-order valence-electron chi connectivity index (χ3n) is 7.99. The van der Waals surface area contributed by atoms with Gasteiger partial charge in [0.25, 0.3) is 0 Å². The first-order chi connectivity index (χ1) is 10.3. The van der Waals surface area contributed by atoms with E-state index in [-0.39, 0.29) is 0 Å². The summed E-state index contributed by atoms with van der Waals surface area (Å²) < 4.78 is 0. The van der Waals surface area contributed by atoms with Gasteiger partial charge in [0, 0.05) is 0 Å². The topological polar surface area (TPSA) is 0 Å². The van der Waals surface area contributed by atoms with Crippen LogP contribution in [0.25, 0.3) is 0 Å². The molecule has 6 atom stereocenters. The molecular formula is C21H28. The fourth-order valence-electron chi connectivity index (χ4n) is 6.98. The van der Waals surface area contributed by atoms with Gasteiger partial charge in [-0.15, -0.1) is 5.73 Å². The summed E-state index contributed by atoms with van der Waals surface area (Å²) in [5.74, 6) is 4.79. The molecule has 5 aliphatic rings. The van der Waals surface area contributed by atoms with Crippen molar-refractivity contribution in [2.24, 2.45) is 35.0 Å². The third-order valence-corrected chi connectivity index (χ3v) is 7.99. The van der Waals surface area contributed by atoms with E-state index in [9.17, 15) is 0 Å². The van der Waals surface area contributed by atoms with Crippen LogP contribution in [0.3, 0.4) is 0 Å². The molecule has 0 heterocycles. The van der Waals surface area contributed by atoms with E-state index in [2.05, 4.69) is 24.8 Å². The molecule has 0 amide bonds. The van der Waals surface area contributed by atoms with E-state index in [0.29, 0.717) is 0 Å². The van der Waals surface area contributed by atoms with Crippen LogP contribution in [0.1, 0.15) is 64.7 Å². The van der Waals surface area contributed by atoms with Gasteiger partial charge in [-0.25, -0.2) is 0 Å². The fourth-order valence-corrected chi connectivity index (χ4v) is 6.98. The van der Waals surface area contributed by atoms with Crippen LogP contribution in [0.5, 0.6) is 0 Å². The molecule has 112 valence electrons. The summed E-state index contributed by atoms with van der Waals surface area (Å²) in [6.45, 7) is 2.37. The maximum atomic E-state index is 3.76. The van der Waals surface area contributed by atoms with Gasteiger partial charge in [-0.1, -0.05) is 13.0 Å². The zero-order chi connectivity index (χ0) is 14.0. The number of allylic oxidation sites excluding steroid dienone is 3. The van der Waals surface area contributed by atoms with E-state index in [0.717, 1.165) is 35.0 Å². The molecule has 1 spiro atoms. The standard InChI is InChI=1S/C21H28/c1-14-3-2-4-17-15(13-14)5-7-19-18(17)10-12-21-11-9-16(21)6-8-20(19)21/h2,13-14,16,18-20H,3,5-12H2,1H3/t14?,16-,18?,19?,20?,21-/m1/s1. The lowest BCUT2D eigenvalue weighted by atomic mass is 9.47. The van der Waals surface area contributed by atoms with Gasteiger partial charge in [0.2, 0.25) is 0 Å². The van der Waals surface area contributed by atoms with Gasteiger partial charge in [0.05, 0.1) is 0 Å². The van der Waals surface area contributed by atoms with Crippen molar-refractivity contribution in [2.75, 3.05) is 0 Å². The van der Waals surface area contributed by atoms with Crippen LogP contribution < -0.4 is 0 Å². The average Bonchev–Trinajstić information content (AvgIpc) is 2.61. The van der Waals surface area contributed by atoms with Crippen molar-refractivity contribution in [3.63, 3.8) is 0 Å². The minimum Gasteiger partial charge on any atom is -0.121 e. The van der Waals surface area contributed by atoms with Crippen molar-refractivity contribution < 1.29 is 0 Å². The summed E-state index contributed by atoms with van der Waals surface area (Å²) in [6.07, 6.45) is 18.2. The van der Waals surface area contributed by atoms with E-state index in [4.69, 9.17) is 0 Å². The number of hydrogen-bond acceptors (Lipinski definition) is 0. The van der Waals surface area contributed by atoms with Gasteiger partial charge < -0.3 is 0 Å². The van der Waals surface area contributed by atoms with Crippen molar-refractivity contribution in [1.82, 2.24) is 0 Å². The van der Waals surface area contributed by atoms with Gasteiger partial charge in [0.1, 0.15) is 0 Å². The highest BCUT2D eigenvalue weighted by Crippen LogP contribution is 2.70. The molecule has 4 unspecified atom stereocenters. The zero-order valence-electron chi connectivity index (χ0n) is 13.4. The lowest BCUT2D eigenvalue weighted by Gasteiger charge is -2.57. The largest absolute Gasteiger partial charge is 0.121 e. The number of hydrogen-bond donors (Lipinski definition) is 0. The second kappa shape index (κ2) is 4.39. The second-order valence-corrected chi connectivity index (χ2v) is 8.67. The molecule has 0 aromatic heterocycles. The van der Waals surface area contributed by atoms with Crippen LogP contribution in [-0.2, 0) is 0 Å². The Bertz CT molecular complexity index is 559. The Morgan fingerprint density at radius 1 is 1.10 bits per heavy atom. The molecule has 21 heavy (non-hydrogen) atoms. The molecule has 0 N–H and O–H groups in total. The Labute approximate surface area is 129 Å². The maximum absolute atomic E-state index is 3.76. The number of fused-ring (bicyclic) bond motifs is 4. The Hall–Kier alpha value is -0.740. The lowest BCUT2D eigenvalue weighted by molar-refractivity contribution is -0.0634. The smallest absolute Gasteiger partial charge is 0.0000913 e. The predicted octanol–water partition coefficient (Wildman–Crippen LogP) is 5.66. The summed E-state index contributed by atoms with van der Waals surface area (Å²) in [5.41, 5.74) is 7.91. The van der Waals surface area contributed by atoms with Crippen LogP contribution in [0, 0.1) is 35.0 Å². The Morgan fingerprint density at radius 2 is 2.00 bits per heavy atom. The fraction of sp³-hybridized carbons (Fsp3) is 0.762. The van der Waals surface area contributed by atoms with Crippen LogP contribution >= 0.6 is 0 Å². The normalized spacial score (nSPS) is 50.6. The van der Waals surface area contributed by atoms with Gasteiger partial charge in [0.15, 0.2) is 0 Å². The van der Waals surface area contributed by atoms with Crippen LogP contribution in [0.2, 0.25) is 0 Å². The molecule has 5 aliphatic carbocycles. The maximum Gasteiger partial charge on any atom is -0.0000913 e. The van der Waals surface area contributed by atoms with Crippen molar-refractivity contribution >= 4 is 0 Å². The van der Waals surface area contributed by atoms with Crippen molar-refractivity contribution in [3.8, 4) is 0 Å². The quantitative estimate of drug-likeness (QED) is 0.502. The molecule has 0 aromatic rings. The van der Waals surface area contributed by atoms with Crippen LogP contribution in [0.4, 0.5) is 0 Å². The van der Waals surface area contributed by atoms with Crippen molar-refractivity contribution in [1.29, 1.82) is 0 Å². The van der Waals surface area contributed by atoms with Crippen molar-refractivity contribution in [2.45, 2.75) is 64.7 Å². The highest BCUT2D eigenvalue weighted by Gasteiger charge is 2.61. The molecule has 0 saturated heterocycles. The molecule has 4 fully saturated rings. The molecule has 0 aliphatic heterocycles. The lowest BCUT2D eigenvalue weighted by Crippen LogP contribution is -2.49. The molecular weight excluding hydrogens is 252 g/mol. The van der Waals surface area contributed by atoms with Gasteiger partial charge in [-0.3, -0.25) is 0 Å². The van der Waals surface area contributed by atoms with E-state index in [1.807, 2.05) is 0 Å². The Balaban J connectivity index is 1.51. The van der Waals surface area contributed by atoms with Gasteiger partial charge in [-0.2, -0.15) is 0 Å². The molecule has 0 heteroatoms. The van der Waals surface area contributed by atoms with E-state index in [1.165, 1.54) is 32.1 Å². The first-order valence-electron chi connectivity index (χ1n) is 9.44. The monoisotopic (exact) mass is 280 g/mol. The summed E-state index contributed by atoms with van der Waals surface area (Å²) in [7, 11) is 0. The zero-order valence-corrected chi connectivity index (χ0v) is 13.4. The third kappa shape index (κ3) is 1.63. The summed E-state index contributed by atoms with van der Waals surface area (Å²) in [4.78, 5) is 0. The molecule has 5 rings (SSSR count). The molecule has 0 nitrogen and oxygen atoms in total. The van der Waals surface area contributed by atoms with Crippen molar-refractivity contribution in [3.05, 3.63) is 29.0 Å². The molecule has 0 radical (unpaired) electrons. The van der Waals surface area contributed by atoms with E-state index < -0.39 is 0 Å². The average molecular weight is 280 g/mol. The van der Waals surface area contributed by atoms with E-state index >= 15 is 0 Å². The van der Waals surface area contributed by atoms with Gasteiger partial charge in [-0.05, 0) is 110 Å². The summed E-state index contributed by atoms with van der Waals surface area (Å²) in [6, 6.07) is 0. The molecule has 4 saturated carbocycles. The SMILES string of the molecule is CC1C=C2CCC3C(CC[C@]45CC[C@H]4CCC35)C2=C=CC1. The molecule has 0 bridgehead atoms. The highest BCUT2D eigenvalue weighted by molar-refractivity contribution is 5.38.